The predicted molar refractivity (Wildman–Crippen MR) is 67.0 cm³/mol. The molecule has 1 aromatic rings. The summed E-state index contributed by atoms with van der Waals surface area (Å²) in [7, 11) is 0. The predicted octanol–water partition coefficient (Wildman–Crippen LogP) is 2.94. The van der Waals surface area contributed by atoms with Crippen molar-refractivity contribution in [1.29, 1.82) is 5.26 Å². The quantitative estimate of drug-likeness (QED) is 0.852. The van der Waals surface area contributed by atoms with Crippen molar-refractivity contribution in [2.45, 2.75) is 33.2 Å². The minimum atomic E-state index is -0.310. The van der Waals surface area contributed by atoms with Gasteiger partial charge in [0.25, 0.3) is 5.56 Å². The van der Waals surface area contributed by atoms with Gasteiger partial charge in [-0.05, 0) is 48.7 Å². The highest BCUT2D eigenvalue weighted by Crippen LogP contribution is 2.20. The minimum Gasteiger partial charge on any atom is -0.314 e. The molecular weight excluding hydrogens is 268 g/mol. The molecule has 4 heteroatoms. The van der Waals surface area contributed by atoms with E-state index in [4.69, 9.17) is 5.26 Å². The maximum absolute atomic E-state index is 11.5. The zero-order valence-electron chi connectivity index (χ0n) is 9.53. The van der Waals surface area contributed by atoms with Gasteiger partial charge in [-0.1, -0.05) is 0 Å². The molecule has 0 aliphatic heterocycles. The number of hydrogen-bond donors (Lipinski definition) is 0. The second-order valence-electron chi connectivity index (χ2n) is 4.48. The second-order valence-corrected chi connectivity index (χ2v) is 5.39. The smallest absolute Gasteiger partial charge is 0.250 e. The van der Waals surface area contributed by atoms with Crippen LogP contribution >= 0.6 is 15.9 Å². The summed E-state index contributed by atoms with van der Waals surface area (Å²) < 4.78 is 2.56. The van der Waals surface area contributed by atoms with E-state index < -0.39 is 0 Å². The summed E-state index contributed by atoms with van der Waals surface area (Å²) in [5, 5.41) is 8.86. The van der Waals surface area contributed by atoms with Crippen LogP contribution in [0.25, 0.3) is 0 Å². The lowest BCUT2D eigenvalue weighted by atomic mass is 9.90. The monoisotopic (exact) mass is 282 g/mol. The summed E-state index contributed by atoms with van der Waals surface area (Å²) in [5.74, 6) is 0. The Hall–Kier alpha value is -1.08. The molecule has 0 aromatic carbocycles. The molecule has 16 heavy (non-hydrogen) atoms. The van der Waals surface area contributed by atoms with Crippen LogP contribution in [-0.4, -0.2) is 4.57 Å². The summed E-state index contributed by atoms with van der Waals surface area (Å²) >= 11 is 3.33. The summed E-state index contributed by atoms with van der Waals surface area (Å²) in [4.78, 5) is 11.5. The maximum atomic E-state index is 11.5. The van der Waals surface area contributed by atoms with Crippen molar-refractivity contribution in [2.75, 3.05) is 0 Å². The number of pyridine rings is 1. The number of nitriles is 1. The molecule has 0 fully saturated rings. The number of halogens is 1. The highest BCUT2D eigenvalue weighted by Gasteiger charge is 2.15. The van der Waals surface area contributed by atoms with Gasteiger partial charge in [0.1, 0.15) is 0 Å². The van der Waals surface area contributed by atoms with Gasteiger partial charge in [0.2, 0.25) is 0 Å². The van der Waals surface area contributed by atoms with Crippen molar-refractivity contribution in [3.05, 3.63) is 33.2 Å². The third-order valence-electron chi connectivity index (χ3n) is 2.45. The van der Waals surface area contributed by atoms with Gasteiger partial charge < -0.3 is 4.57 Å². The van der Waals surface area contributed by atoms with Crippen LogP contribution in [0.15, 0.2) is 27.6 Å². The normalized spacial score (nSPS) is 11.1. The molecule has 3 nitrogen and oxygen atoms in total. The van der Waals surface area contributed by atoms with Crippen molar-refractivity contribution in [1.82, 2.24) is 4.57 Å². The molecule has 0 N–H and O–H groups in total. The van der Waals surface area contributed by atoms with E-state index >= 15 is 0 Å². The van der Waals surface area contributed by atoms with E-state index in [1.807, 2.05) is 13.8 Å². The molecule has 0 aliphatic carbocycles. The molecule has 0 bridgehead atoms. The Morgan fingerprint density at radius 1 is 1.50 bits per heavy atom. The topological polar surface area (TPSA) is 45.8 Å². The van der Waals surface area contributed by atoms with Crippen molar-refractivity contribution in [3.8, 4) is 6.07 Å². The Kier molecular flexibility index (Phi) is 4.31. The van der Waals surface area contributed by atoms with Gasteiger partial charge in [0.15, 0.2) is 0 Å². The van der Waals surface area contributed by atoms with E-state index in [-0.39, 0.29) is 11.0 Å². The standard InChI is InChI=1S/C12H15BrN2O/c1-12(2,9-14)6-3-7-15-8-10(13)4-5-11(15)16/h4-5,8H,3,6-7H2,1-2H3. The van der Waals surface area contributed by atoms with Crippen LogP contribution in [0.5, 0.6) is 0 Å². The van der Waals surface area contributed by atoms with E-state index in [0.29, 0.717) is 6.54 Å². The van der Waals surface area contributed by atoms with Gasteiger partial charge in [-0.3, -0.25) is 4.79 Å². The molecule has 0 radical (unpaired) electrons. The zero-order valence-corrected chi connectivity index (χ0v) is 11.1. The summed E-state index contributed by atoms with van der Waals surface area (Å²) in [5.41, 5.74) is -0.312. The zero-order chi connectivity index (χ0) is 12.2. The van der Waals surface area contributed by atoms with Crippen LogP contribution in [0, 0.1) is 16.7 Å². The molecule has 0 spiro atoms. The third-order valence-corrected chi connectivity index (χ3v) is 2.92. The van der Waals surface area contributed by atoms with E-state index in [2.05, 4.69) is 22.0 Å². The molecule has 1 heterocycles. The van der Waals surface area contributed by atoms with Crippen LogP contribution in [0.3, 0.4) is 0 Å². The molecule has 86 valence electrons. The van der Waals surface area contributed by atoms with Gasteiger partial charge in [-0.2, -0.15) is 5.26 Å². The molecule has 0 saturated carbocycles. The Labute approximate surface area is 104 Å². The van der Waals surface area contributed by atoms with Gasteiger partial charge >= 0.3 is 0 Å². The fourth-order valence-electron chi connectivity index (χ4n) is 1.42. The molecular formula is C12H15BrN2O. The Morgan fingerprint density at radius 2 is 2.19 bits per heavy atom. The Morgan fingerprint density at radius 3 is 2.81 bits per heavy atom. The Balaban J connectivity index is 2.60. The van der Waals surface area contributed by atoms with Crippen LogP contribution in [-0.2, 0) is 6.54 Å². The van der Waals surface area contributed by atoms with Crippen molar-refractivity contribution in [3.63, 3.8) is 0 Å². The van der Waals surface area contributed by atoms with E-state index in [0.717, 1.165) is 17.3 Å². The van der Waals surface area contributed by atoms with Crippen LogP contribution < -0.4 is 5.56 Å². The van der Waals surface area contributed by atoms with Gasteiger partial charge in [-0.15, -0.1) is 0 Å². The van der Waals surface area contributed by atoms with E-state index in [1.165, 1.54) is 0 Å². The second kappa shape index (κ2) is 5.31. The average Bonchev–Trinajstić information content (AvgIpc) is 2.23. The number of aryl methyl sites for hydroxylation is 1. The molecule has 0 saturated heterocycles. The highest BCUT2D eigenvalue weighted by atomic mass is 79.9. The summed E-state index contributed by atoms with van der Waals surface area (Å²) in [6, 6.07) is 5.53. The first-order valence-electron chi connectivity index (χ1n) is 5.22. The summed E-state index contributed by atoms with van der Waals surface area (Å²) in [6.45, 7) is 4.48. The molecule has 0 aliphatic rings. The van der Waals surface area contributed by atoms with Crippen LogP contribution in [0.4, 0.5) is 0 Å². The number of hydrogen-bond acceptors (Lipinski definition) is 2. The number of rotatable bonds is 4. The number of nitrogens with zero attached hydrogens (tertiary/aromatic N) is 2. The van der Waals surface area contributed by atoms with Gasteiger partial charge in [-0.25, -0.2) is 0 Å². The van der Waals surface area contributed by atoms with E-state index in [1.54, 1.807) is 22.9 Å². The molecule has 0 amide bonds. The average molecular weight is 283 g/mol. The van der Waals surface area contributed by atoms with Gasteiger partial charge in [0.05, 0.1) is 11.5 Å². The SMILES string of the molecule is CC(C)(C#N)CCCn1cc(Br)ccc1=O. The number of aromatic nitrogens is 1. The molecule has 0 unspecified atom stereocenters. The summed E-state index contributed by atoms with van der Waals surface area (Å²) in [6.07, 6.45) is 3.40. The van der Waals surface area contributed by atoms with Gasteiger partial charge in [0, 0.05) is 23.3 Å². The van der Waals surface area contributed by atoms with Crippen molar-refractivity contribution in [2.24, 2.45) is 5.41 Å². The highest BCUT2D eigenvalue weighted by molar-refractivity contribution is 9.10. The van der Waals surface area contributed by atoms with E-state index in [9.17, 15) is 4.79 Å². The largest absolute Gasteiger partial charge is 0.314 e. The molecule has 1 aromatic heterocycles. The minimum absolute atomic E-state index is 0.00189. The van der Waals surface area contributed by atoms with Crippen molar-refractivity contribution < 1.29 is 0 Å². The fourth-order valence-corrected chi connectivity index (χ4v) is 1.80. The first-order chi connectivity index (χ1) is 7.44. The lowest BCUT2D eigenvalue weighted by Crippen LogP contribution is -2.19. The van der Waals surface area contributed by atoms with Crippen LogP contribution in [0.2, 0.25) is 0 Å². The first kappa shape index (κ1) is 13.0. The fraction of sp³-hybridized carbons (Fsp3) is 0.500. The van der Waals surface area contributed by atoms with Crippen LogP contribution in [0.1, 0.15) is 26.7 Å². The first-order valence-corrected chi connectivity index (χ1v) is 6.01. The maximum Gasteiger partial charge on any atom is 0.250 e. The molecule has 1 rings (SSSR count). The Bertz CT molecular complexity index is 457. The molecule has 0 atom stereocenters. The lowest BCUT2D eigenvalue weighted by Gasteiger charge is -2.14. The van der Waals surface area contributed by atoms with Crippen molar-refractivity contribution >= 4 is 15.9 Å². The lowest BCUT2D eigenvalue weighted by molar-refractivity contribution is 0.413. The third kappa shape index (κ3) is 3.82.